The van der Waals surface area contributed by atoms with Crippen molar-refractivity contribution >= 4 is 21.7 Å². The van der Waals surface area contributed by atoms with Gasteiger partial charge in [0.15, 0.2) is 0 Å². The monoisotopic (exact) mass is 265 g/mol. The summed E-state index contributed by atoms with van der Waals surface area (Å²) in [6, 6.07) is 7.32. The van der Waals surface area contributed by atoms with Crippen molar-refractivity contribution in [3.05, 3.63) is 45.4 Å². The van der Waals surface area contributed by atoms with Gasteiger partial charge in [-0.2, -0.15) is 0 Å². The molecule has 1 aromatic heterocycles. The van der Waals surface area contributed by atoms with Gasteiger partial charge in [0.2, 0.25) is 0 Å². The molecule has 0 fully saturated rings. The fraction of sp³-hybridized carbons (Fsp3) is 0. The third kappa shape index (κ3) is 1.92. The van der Waals surface area contributed by atoms with Gasteiger partial charge in [-0.1, -0.05) is 28.1 Å². The summed E-state index contributed by atoms with van der Waals surface area (Å²) in [4.78, 5) is 17.9. The second-order valence-corrected chi connectivity index (χ2v) is 3.91. The van der Waals surface area contributed by atoms with Gasteiger partial charge in [0.05, 0.1) is 11.9 Å². The summed E-state index contributed by atoms with van der Waals surface area (Å²) in [6.45, 7) is 0. The number of nitrogens with one attached hydrogen (secondary N) is 1. The van der Waals surface area contributed by atoms with E-state index in [4.69, 9.17) is 5.73 Å². The number of nitrogens with two attached hydrogens (primary N) is 1. The summed E-state index contributed by atoms with van der Waals surface area (Å²) in [7, 11) is 0. The van der Waals surface area contributed by atoms with Crippen molar-refractivity contribution in [2.24, 2.45) is 0 Å². The lowest BCUT2D eigenvalue weighted by molar-refractivity contribution is 1.13. The molecule has 0 amide bonds. The average molecular weight is 266 g/mol. The van der Waals surface area contributed by atoms with E-state index in [-0.39, 0.29) is 11.4 Å². The highest BCUT2D eigenvalue weighted by Crippen LogP contribution is 2.21. The van der Waals surface area contributed by atoms with Crippen LogP contribution in [0.5, 0.6) is 0 Å². The van der Waals surface area contributed by atoms with Crippen molar-refractivity contribution in [2.45, 2.75) is 0 Å². The van der Waals surface area contributed by atoms with E-state index in [0.717, 1.165) is 10.0 Å². The Labute approximate surface area is 94.3 Å². The van der Waals surface area contributed by atoms with Crippen LogP contribution in [-0.4, -0.2) is 9.97 Å². The van der Waals surface area contributed by atoms with Crippen molar-refractivity contribution in [1.82, 2.24) is 9.97 Å². The highest BCUT2D eigenvalue weighted by Gasteiger charge is 2.07. The summed E-state index contributed by atoms with van der Waals surface area (Å²) >= 11 is 3.32. The molecule has 4 nitrogen and oxygen atoms in total. The van der Waals surface area contributed by atoms with Crippen LogP contribution in [0, 0.1) is 0 Å². The van der Waals surface area contributed by atoms with Gasteiger partial charge in [-0.15, -0.1) is 0 Å². The molecule has 76 valence electrons. The van der Waals surface area contributed by atoms with E-state index in [0.29, 0.717) is 5.56 Å². The van der Waals surface area contributed by atoms with Crippen LogP contribution in [0.2, 0.25) is 0 Å². The Balaban J connectivity index is 2.64. The van der Waals surface area contributed by atoms with E-state index >= 15 is 0 Å². The predicted molar refractivity (Wildman–Crippen MR) is 62.4 cm³/mol. The third-order valence-electron chi connectivity index (χ3n) is 2.02. The van der Waals surface area contributed by atoms with E-state index < -0.39 is 0 Å². The number of hydrogen-bond donors (Lipinski definition) is 2. The number of anilines is 1. The van der Waals surface area contributed by atoms with Crippen molar-refractivity contribution < 1.29 is 0 Å². The Morgan fingerprint density at radius 3 is 2.53 bits per heavy atom. The maximum absolute atomic E-state index is 11.5. The van der Waals surface area contributed by atoms with E-state index in [9.17, 15) is 4.79 Å². The number of benzene rings is 1. The zero-order valence-electron chi connectivity index (χ0n) is 7.70. The Kier molecular flexibility index (Phi) is 2.55. The number of aromatic amines is 1. The minimum atomic E-state index is -0.232. The average Bonchev–Trinajstić information content (AvgIpc) is 2.20. The van der Waals surface area contributed by atoms with Crippen LogP contribution in [0.4, 0.5) is 5.82 Å². The molecule has 0 unspecified atom stereocenters. The lowest BCUT2D eigenvalue weighted by Crippen LogP contribution is -2.12. The molecular formula is C10H8BrN3O. The van der Waals surface area contributed by atoms with Crippen LogP contribution >= 0.6 is 15.9 Å². The molecule has 2 aromatic rings. The van der Waals surface area contributed by atoms with Gasteiger partial charge in [-0.3, -0.25) is 4.79 Å². The van der Waals surface area contributed by atoms with E-state index in [1.807, 2.05) is 24.3 Å². The molecular weight excluding hydrogens is 258 g/mol. The minimum absolute atomic E-state index is 0.232. The first-order valence-electron chi connectivity index (χ1n) is 4.27. The van der Waals surface area contributed by atoms with Crippen LogP contribution in [0.15, 0.2) is 39.9 Å². The predicted octanol–water partition coefficient (Wildman–Crippen LogP) is 1.78. The second-order valence-electron chi connectivity index (χ2n) is 3.00. The molecule has 0 saturated heterocycles. The minimum Gasteiger partial charge on any atom is -0.383 e. The highest BCUT2D eigenvalue weighted by molar-refractivity contribution is 9.10. The van der Waals surface area contributed by atoms with Gasteiger partial charge in [-0.05, 0) is 17.7 Å². The molecule has 3 N–H and O–H groups in total. The first kappa shape index (κ1) is 9.92. The number of nitrogens with zero attached hydrogens (tertiary/aromatic N) is 1. The summed E-state index contributed by atoms with van der Waals surface area (Å²) in [6.07, 6.45) is 1.29. The molecule has 0 radical (unpaired) electrons. The van der Waals surface area contributed by atoms with Crippen LogP contribution in [0.25, 0.3) is 11.1 Å². The first-order valence-corrected chi connectivity index (χ1v) is 5.07. The Bertz CT molecular complexity index is 533. The number of rotatable bonds is 1. The Hall–Kier alpha value is -1.62. The number of hydrogen-bond acceptors (Lipinski definition) is 3. The molecule has 15 heavy (non-hydrogen) atoms. The van der Waals surface area contributed by atoms with Gasteiger partial charge < -0.3 is 10.7 Å². The Morgan fingerprint density at radius 1 is 1.27 bits per heavy atom. The van der Waals surface area contributed by atoms with Gasteiger partial charge in [0.25, 0.3) is 5.56 Å². The van der Waals surface area contributed by atoms with Crippen LogP contribution in [-0.2, 0) is 0 Å². The Morgan fingerprint density at radius 2 is 1.93 bits per heavy atom. The molecule has 0 aliphatic heterocycles. The zero-order chi connectivity index (χ0) is 10.8. The van der Waals surface area contributed by atoms with Crippen molar-refractivity contribution in [3.8, 4) is 11.1 Å². The summed E-state index contributed by atoms with van der Waals surface area (Å²) in [5.41, 5.74) is 6.58. The van der Waals surface area contributed by atoms with Gasteiger partial charge in [0, 0.05) is 4.47 Å². The molecule has 0 saturated carbocycles. The summed E-state index contributed by atoms with van der Waals surface area (Å²) < 4.78 is 0.949. The van der Waals surface area contributed by atoms with Crippen LogP contribution in [0.1, 0.15) is 0 Å². The summed E-state index contributed by atoms with van der Waals surface area (Å²) in [5.74, 6) is 0.237. The van der Waals surface area contributed by atoms with Gasteiger partial charge >= 0.3 is 0 Å². The largest absolute Gasteiger partial charge is 0.383 e. The molecule has 1 aromatic carbocycles. The van der Waals surface area contributed by atoms with E-state index in [1.54, 1.807) is 0 Å². The maximum atomic E-state index is 11.5. The normalized spacial score (nSPS) is 10.2. The molecule has 5 heteroatoms. The highest BCUT2D eigenvalue weighted by atomic mass is 79.9. The zero-order valence-corrected chi connectivity index (χ0v) is 9.28. The maximum Gasteiger partial charge on any atom is 0.260 e. The quantitative estimate of drug-likeness (QED) is 0.826. The lowest BCUT2D eigenvalue weighted by Gasteiger charge is -2.02. The fourth-order valence-electron chi connectivity index (χ4n) is 1.31. The summed E-state index contributed by atoms with van der Waals surface area (Å²) in [5, 5.41) is 0. The van der Waals surface area contributed by atoms with Crippen LogP contribution < -0.4 is 11.3 Å². The second kappa shape index (κ2) is 3.86. The number of H-pyrrole nitrogens is 1. The standard InChI is InChI=1S/C10H8BrN3O/c11-7-3-1-6(2-4-7)8-9(12)13-5-14-10(8)15/h1-5H,(H3,12,13,14,15). The van der Waals surface area contributed by atoms with Gasteiger partial charge in [-0.25, -0.2) is 4.98 Å². The smallest absolute Gasteiger partial charge is 0.260 e. The topological polar surface area (TPSA) is 71.8 Å². The fourth-order valence-corrected chi connectivity index (χ4v) is 1.57. The van der Waals surface area contributed by atoms with E-state index in [2.05, 4.69) is 25.9 Å². The molecule has 0 aliphatic carbocycles. The lowest BCUT2D eigenvalue weighted by atomic mass is 10.1. The molecule has 0 atom stereocenters. The third-order valence-corrected chi connectivity index (χ3v) is 2.54. The molecule has 0 bridgehead atoms. The molecule has 0 aliphatic rings. The first-order chi connectivity index (χ1) is 7.18. The number of halogens is 1. The van der Waals surface area contributed by atoms with Crippen molar-refractivity contribution in [2.75, 3.05) is 5.73 Å². The molecule has 2 rings (SSSR count). The molecule has 0 spiro atoms. The van der Waals surface area contributed by atoms with Gasteiger partial charge in [0.1, 0.15) is 5.82 Å². The molecule has 1 heterocycles. The number of aromatic nitrogens is 2. The van der Waals surface area contributed by atoms with Crippen molar-refractivity contribution in [3.63, 3.8) is 0 Å². The number of nitrogen functional groups attached to an aromatic ring is 1. The SMILES string of the molecule is Nc1nc[nH]c(=O)c1-c1ccc(Br)cc1. The van der Waals surface area contributed by atoms with Crippen LogP contribution in [0.3, 0.4) is 0 Å². The van der Waals surface area contributed by atoms with E-state index in [1.165, 1.54) is 6.33 Å². The van der Waals surface area contributed by atoms with Crippen molar-refractivity contribution in [1.29, 1.82) is 0 Å².